The smallest absolute Gasteiger partial charge is 0.255 e. The van der Waals surface area contributed by atoms with E-state index in [2.05, 4.69) is 44.5 Å². The molecule has 6 rings (SSSR count). The van der Waals surface area contributed by atoms with Crippen LogP contribution in [-0.2, 0) is 4.79 Å². The molecule has 2 heterocycles. The summed E-state index contributed by atoms with van der Waals surface area (Å²) in [5.74, 6) is -0.549. The highest BCUT2D eigenvalue weighted by Crippen LogP contribution is 2.38. The van der Waals surface area contributed by atoms with E-state index in [0.29, 0.717) is 5.69 Å². The topological polar surface area (TPSA) is 85.0 Å². The molecule has 0 radical (unpaired) electrons. The monoisotopic (exact) mass is 589 g/mol. The highest BCUT2D eigenvalue weighted by Gasteiger charge is 2.22. The van der Waals surface area contributed by atoms with Crippen molar-refractivity contribution in [3.63, 3.8) is 0 Å². The molecule has 7 nitrogen and oxygen atoms in total. The van der Waals surface area contributed by atoms with Gasteiger partial charge in [0, 0.05) is 28.1 Å². The van der Waals surface area contributed by atoms with Gasteiger partial charge in [0.25, 0.3) is 5.88 Å². The number of carbonyl (C=O) groups is 1. The van der Waals surface area contributed by atoms with Gasteiger partial charge in [0.05, 0.1) is 22.8 Å². The average Bonchev–Trinajstić information content (AvgIpc) is 3.56. The highest BCUT2D eigenvalue weighted by atomic mass is 79.9. The Morgan fingerprint density at radius 3 is 1.88 bits per heavy atom. The van der Waals surface area contributed by atoms with Crippen LogP contribution in [0.1, 0.15) is 6.92 Å². The van der Waals surface area contributed by atoms with E-state index >= 15 is 0 Å². The van der Waals surface area contributed by atoms with Gasteiger partial charge in [-0.2, -0.15) is 5.10 Å². The maximum Gasteiger partial charge on any atom is 0.255 e. The lowest BCUT2D eigenvalue weighted by atomic mass is 10.0. The highest BCUT2D eigenvalue weighted by molar-refractivity contribution is 9.10. The summed E-state index contributed by atoms with van der Waals surface area (Å²) in [5.41, 5.74) is 7.09. The molecule has 2 N–H and O–H groups in total. The first-order valence-electron chi connectivity index (χ1n) is 12.6. The van der Waals surface area contributed by atoms with Crippen molar-refractivity contribution in [3.05, 3.63) is 120 Å². The molecule has 0 aliphatic carbocycles. The minimum atomic E-state index is -0.298. The maximum atomic E-state index is 11.9. The third-order valence-electron chi connectivity index (χ3n) is 6.47. The number of rotatable bonds is 6. The zero-order chi connectivity index (χ0) is 27.6. The molecular weight excluding hydrogens is 566 g/mol. The fraction of sp³-hybridized carbons (Fsp3) is 0.0312. The van der Waals surface area contributed by atoms with Crippen LogP contribution >= 0.6 is 15.9 Å². The summed E-state index contributed by atoms with van der Waals surface area (Å²) in [6, 6.07) is 37.6. The zero-order valence-electron chi connectivity index (χ0n) is 21.5. The number of aromatic nitrogens is 4. The van der Waals surface area contributed by atoms with Gasteiger partial charge in [-0.1, -0.05) is 88.7 Å². The van der Waals surface area contributed by atoms with E-state index in [1.54, 1.807) is 4.68 Å². The number of amides is 1. The number of para-hydroxylation sites is 2. The third-order valence-corrected chi connectivity index (χ3v) is 7.00. The van der Waals surface area contributed by atoms with Crippen LogP contribution in [0.5, 0.6) is 5.88 Å². The van der Waals surface area contributed by atoms with Crippen molar-refractivity contribution in [2.45, 2.75) is 6.92 Å². The summed E-state index contributed by atoms with van der Waals surface area (Å²) < 4.78 is 4.59. The van der Waals surface area contributed by atoms with Gasteiger partial charge < -0.3 is 10.4 Å². The number of halogens is 1. The minimum absolute atomic E-state index is 0.251. The van der Waals surface area contributed by atoms with Crippen molar-refractivity contribution in [1.82, 2.24) is 19.6 Å². The average molecular weight is 590 g/mol. The molecule has 0 bridgehead atoms. The van der Waals surface area contributed by atoms with Crippen molar-refractivity contribution in [3.8, 4) is 51.0 Å². The summed E-state index contributed by atoms with van der Waals surface area (Å²) in [7, 11) is 0. The molecule has 1 amide bonds. The Kier molecular flexibility index (Phi) is 6.76. The minimum Gasteiger partial charge on any atom is -0.491 e. The normalized spacial score (nSPS) is 10.9. The fourth-order valence-corrected chi connectivity index (χ4v) is 4.90. The van der Waals surface area contributed by atoms with Crippen LogP contribution in [0.4, 0.5) is 5.69 Å². The van der Waals surface area contributed by atoms with Gasteiger partial charge in [-0.15, -0.1) is 5.10 Å². The Balaban J connectivity index is 1.44. The number of hydrogen-bond acceptors (Lipinski definition) is 4. The van der Waals surface area contributed by atoms with E-state index in [0.717, 1.165) is 43.9 Å². The summed E-state index contributed by atoms with van der Waals surface area (Å²) in [6.45, 7) is 1.40. The molecule has 0 saturated carbocycles. The van der Waals surface area contributed by atoms with E-state index in [9.17, 15) is 9.90 Å². The Morgan fingerprint density at radius 2 is 1.27 bits per heavy atom. The standard InChI is InChI=1S/C32H24BrN5O2/c1-21(39)34-30-31(38(36-32(30)40)27-10-6-3-7-11-27)24-14-12-22(13-15-24)28-20-29(23-16-18-25(33)19-17-23)37(35-28)26-8-4-2-5-9-26/h2-20H,1H3,(H,34,39)(H,36,40). The zero-order valence-corrected chi connectivity index (χ0v) is 23.1. The van der Waals surface area contributed by atoms with Crippen LogP contribution in [-0.4, -0.2) is 30.6 Å². The predicted molar refractivity (Wildman–Crippen MR) is 161 cm³/mol. The lowest BCUT2D eigenvalue weighted by Crippen LogP contribution is -2.07. The number of aromatic hydroxyl groups is 1. The molecule has 6 aromatic rings. The molecule has 0 saturated heterocycles. The van der Waals surface area contributed by atoms with Crippen LogP contribution in [0.15, 0.2) is 120 Å². The molecule has 4 aromatic carbocycles. The van der Waals surface area contributed by atoms with Gasteiger partial charge >= 0.3 is 0 Å². The van der Waals surface area contributed by atoms with Crippen molar-refractivity contribution in [2.75, 3.05) is 5.32 Å². The molecule has 0 atom stereocenters. The van der Waals surface area contributed by atoms with E-state index in [1.165, 1.54) is 6.92 Å². The van der Waals surface area contributed by atoms with Gasteiger partial charge in [0.15, 0.2) is 0 Å². The third kappa shape index (κ3) is 4.92. The molecule has 8 heteroatoms. The summed E-state index contributed by atoms with van der Waals surface area (Å²) in [4.78, 5) is 11.9. The molecule has 0 unspecified atom stereocenters. The number of nitrogens with zero attached hydrogens (tertiary/aromatic N) is 4. The molecule has 0 aliphatic heterocycles. The van der Waals surface area contributed by atoms with Crippen molar-refractivity contribution in [1.29, 1.82) is 0 Å². The summed E-state index contributed by atoms with van der Waals surface area (Å²) >= 11 is 3.52. The molecule has 0 fully saturated rings. The second-order valence-corrected chi connectivity index (χ2v) is 10.1. The number of carbonyl (C=O) groups excluding carboxylic acids is 1. The van der Waals surface area contributed by atoms with Gasteiger partial charge in [0.2, 0.25) is 5.91 Å². The number of nitrogens with one attached hydrogen (secondary N) is 1. The number of hydrogen-bond donors (Lipinski definition) is 2. The Bertz CT molecular complexity index is 1790. The largest absolute Gasteiger partial charge is 0.491 e. The van der Waals surface area contributed by atoms with E-state index in [4.69, 9.17) is 5.10 Å². The maximum absolute atomic E-state index is 11.9. The molecule has 0 aliphatic rings. The van der Waals surface area contributed by atoms with Gasteiger partial charge in [-0.05, 0) is 42.5 Å². The molecule has 40 heavy (non-hydrogen) atoms. The van der Waals surface area contributed by atoms with E-state index in [-0.39, 0.29) is 17.5 Å². The lowest BCUT2D eigenvalue weighted by Gasteiger charge is -2.10. The van der Waals surface area contributed by atoms with Crippen molar-refractivity contribution < 1.29 is 9.90 Å². The second kappa shape index (κ2) is 10.7. The van der Waals surface area contributed by atoms with Crippen LogP contribution in [0.25, 0.3) is 45.1 Å². The second-order valence-electron chi connectivity index (χ2n) is 9.22. The lowest BCUT2D eigenvalue weighted by molar-refractivity contribution is -0.114. The first kappa shape index (κ1) is 25.3. The Morgan fingerprint density at radius 1 is 0.725 bits per heavy atom. The predicted octanol–water partition coefficient (Wildman–Crippen LogP) is 7.49. The number of benzene rings is 4. The fourth-order valence-electron chi connectivity index (χ4n) is 4.63. The van der Waals surface area contributed by atoms with Gasteiger partial charge in [-0.3, -0.25) is 4.79 Å². The summed E-state index contributed by atoms with van der Waals surface area (Å²) in [6.07, 6.45) is 0. The van der Waals surface area contributed by atoms with E-state index in [1.807, 2.05) is 102 Å². The molecule has 2 aromatic heterocycles. The molecule has 0 spiro atoms. The van der Waals surface area contributed by atoms with Crippen LogP contribution in [0.3, 0.4) is 0 Å². The summed E-state index contributed by atoms with van der Waals surface area (Å²) in [5, 5.41) is 22.6. The van der Waals surface area contributed by atoms with Gasteiger partial charge in [-0.25, -0.2) is 9.36 Å². The quantitative estimate of drug-likeness (QED) is 0.211. The number of anilines is 1. The molecular formula is C32H24BrN5O2. The first-order chi connectivity index (χ1) is 19.5. The Labute approximate surface area is 239 Å². The SMILES string of the molecule is CC(=O)Nc1c(O)nn(-c2ccccc2)c1-c1ccc(-c2cc(-c3ccc(Br)cc3)n(-c3ccccc3)n2)cc1. The van der Waals surface area contributed by atoms with Crippen molar-refractivity contribution >= 4 is 27.5 Å². The van der Waals surface area contributed by atoms with Crippen LogP contribution in [0.2, 0.25) is 0 Å². The van der Waals surface area contributed by atoms with Crippen LogP contribution < -0.4 is 5.32 Å². The Hall–Kier alpha value is -4.95. The van der Waals surface area contributed by atoms with Gasteiger partial charge in [0.1, 0.15) is 11.4 Å². The first-order valence-corrected chi connectivity index (χ1v) is 13.4. The molecule has 196 valence electrons. The van der Waals surface area contributed by atoms with E-state index < -0.39 is 0 Å². The van der Waals surface area contributed by atoms with Crippen LogP contribution in [0, 0.1) is 0 Å². The van der Waals surface area contributed by atoms with Crippen molar-refractivity contribution in [2.24, 2.45) is 0 Å².